The largest absolute Gasteiger partial charge is 0.213 e. The van der Waals surface area contributed by atoms with Crippen LogP contribution in [0.2, 0.25) is 0 Å². The summed E-state index contributed by atoms with van der Waals surface area (Å²) in [6, 6.07) is 0. The Kier molecular flexibility index (Phi) is 4.44. The van der Waals surface area contributed by atoms with Crippen molar-refractivity contribution in [1.29, 1.82) is 0 Å². The first-order valence-corrected chi connectivity index (χ1v) is 6.20. The zero-order chi connectivity index (χ0) is 7.94. The molecule has 1 aliphatic rings. The molecule has 0 unspecified atom stereocenters. The lowest BCUT2D eigenvalue weighted by atomic mass is 10.2. The number of allylic oxidation sites excluding steroid dienone is 2. The van der Waals surface area contributed by atoms with Gasteiger partial charge in [0.2, 0.25) is 0 Å². The molecule has 0 saturated carbocycles. The van der Waals surface area contributed by atoms with Gasteiger partial charge in [-0.2, -0.15) is 0 Å². The highest BCUT2D eigenvalue weighted by Gasteiger charge is 1.97. The van der Waals surface area contributed by atoms with E-state index in [4.69, 9.17) is 0 Å². The number of unbranched alkanes of at least 4 members (excludes halogenated alkanes) is 3. The van der Waals surface area contributed by atoms with E-state index in [1.54, 1.807) is 0 Å². The SMILES string of the molecule is CCCCCC[SH]1C=CC=C1. The number of thiol groups is 1. The zero-order valence-electron chi connectivity index (χ0n) is 7.29. The molecule has 0 radical (unpaired) electrons. The number of hydrogen-bond acceptors (Lipinski definition) is 0. The first kappa shape index (κ1) is 8.92. The topological polar surface area (TPSA) is 0 Å². The van der Waals surface area contributed by atoms with Crippen molar-refractivity contribution in [3.8, 4) is 0 Å². The molecule has 1 rings (SSSR count). The molecule has 0 nitrogen and oxygen atoms in total. The molecular formula is C10H18S. The quantitative estimate of drug-likeness (QED) is 0.473. The van der Waals surface area contributed by atoms with Gasteiger partial charge in [0.1, 0.15) is 0 Å². The second-order valence-corrected chi connectivity index (χ2v) is 5.05. The van der Waals surface area contributed by atoms with Crippen LogP contribution in [0.4, 0.5) is 0 Å². The second-order valence-electron chi connectivity index (χ2n) is 2.98. The van der Waals surface area contributed by atoms with Crippen LogP contribution in [-0.2, 0) is 0 Å². The zero-order valence-corrected chi connectivity index (χ0v) is 8.19. The van der Waals surface area contributed by atoms with E-state index in [2.05, 4.69) is 29.9 Å². The van der Waals surface area contributed by atoms with E-state index >= 15 is 0 Å². The van der Waals surface area contributed by atoms with Crippen molar-refractivity contribution in [2.75, 3.05) is 5.75 Å². The summed E-state index contributed by atoms with van der Waals surface area (Å²) in [6.07, 6.45) is 9.99. The van der Waals surface area contributed by atoms with Crippen molar-refractivity contribution in [2.24, 2.45) is 0 Å². The molecule has 0 aromatic carbocycles. The van der Waals surface area contributed by atoms with Gasteiger partial charge in [0, 0.05) is 0 Å². The Morgan fingerprint density at radius 1 is 1.00 bits per heavy atom. The Bertz CT molecular complexity index is 135. The van der Waals surface area contributed by atoms with Crippen LogP contribution in [0.1, 0.15) is 32.6 Å². The van der Waals surface area contributed by atoms with E-state index in [1.165, 1.54) is 31.4 Å². The fraction of sp³-hybridized carbons (Fsp3) is 0.600. The van der Waals surface area contributed by atoms with Gasteiger partial charge in [0.15, 0.2) is 0 Å². The summed E-state index contributed by atoms with van der Waals surface area (Å²) in [5.41, 5.74) is 0. The minimum absolute atomic E-state index is 0.177. The Morgan fingerprint density at radius 2 is 1.73 bits per heavy atom. The minimum Gasteiger partial charge on any atom is -0.213 e. The third-order valence-electron chi connectivity index (χ3n) is 1.94. The van der Waals surface area contributed by atoms with Crippen LogP contribution in [-0.4, -0.2) is 5.75 Å². The highest BCUT2D eigenvalue weighted by Crippen LogP contribution is 2.33. The van der Waals surface area contributed by atoms with E-state index in [1.807, 2.05) is 0 Å². The van der Waals surface area contributed by atoms with Crippen molar-refractivity contribution in [1.82, 2.24) is 0 Å². The molecule has 0 saturated heterocycles. The third kappa shape index (κ3) is 3.66. The van der Waals surface area contributed by atoms with E-state index in [0.717, 1.165) is 0 Å². The maximum Gasteiger partial charge on any atom is -0.0185 e. The lowest BCUT2D eigenvalue weighted by Crippen LogP contribution is -1.82. The van der Waals surface area contributed by atoms with Gasteiger partial charge in [-0.05, 0) is 23.0 Å². The molecule has 1 heterocycles. The molecule has 0 N–H and O–H groups in total. The highest BCUT2D eigenvalue weighted by atomic mass is 32.2. The van der Waals surface area contributed by atoms with Gasteiger partial charge in [-0.15, -0.1) is 0 Å². The van der Waals surface area contributed by atoms with Crippen LogP contribution < -0.4 is 0 Å². The summed E-state index contributed by atoms with van der Waals surface area (Å²) in [4.78, 5) is 0. The lowest BCUT2D eigenvalue weighted by molar-refractivity contribution is 0.706. The fourth-order valence-electron chi connectivity index (χ4n) is 1.24. The summed E-state index contributed by atoms with van der Waals surface area (Å²) in [5, 5.41) is 4.72. The average Bonchev–Trinajstić information content (AvgIpc) is 2.50. The van der Waals surface area contributed by atoms with Crippen LogP contribution >= 0.6 is 10.9 Å². The van der Waals surface area contributed by atoms with Crippen molar-refractivity contribution in [3.63, 3.8) is 0 Å². The molecule has 0 aromatic rings. The number of rotatable bonds is 5. The van der Waals surface area contributed by atoms with Crippen LogP contribution in [0.5, 0.6) is 0 Å². The Balaban J connectivity index is 1.95. The van der Waals surface area contributed by atoms with Gasteiger partial charge in [-0.3, -0.25) is 0 Å². The molecule has 0 aromatic heterocycles. The van der Waals surface area contributed by atoms with Crippen molar-refractivity contribution >= 4 is 10.9 Å². The summed E-state index contributed by atoms with van der Waals surface area (Å²) < 4.78 is 0. The molecular weight excluding hydrogens is 152 g/mol. The first-order valence-electron chi connectivity index (χ1n) is 4.54. The molecule has 1 aliphatic heterocycles. The van der Waals surface area contributed by atoms with E-state index in [9.17, 15) is 0 Å². The molecule has 0 spiro atoms. The summed E-state index contributed by atoms with van der Waals surface area (Å²) in [7, 11) is 0.177. The Labute approximate surface area is 72.7 Å². The molecule has 0 aliphatic carbocycles. The van der Waals surface area contributed by atoms with Crippen LogP contribution in [0.3, 0.4) is 0 Å². The molecule has 0 fully saturated rings. The van der Waals surface area contributed by atoms with E-state index in [0.29, 0.717) is 0 Å². The minimum atomic E-state index is 0.177. The van der Waals surface area contributed by atoms with Gasteiger partial charge >= 0.3 is 0 Å². The molecule has 0 bridgehead atoms. The normalized spacial score (nSPS) is 18.1. The van der Waals surface area contributed by atoms with Gasteiger partial charge in [0.05, 0.1) is 0 Å². The summed E-state index contributed by atoms with van der Waals surface area (Å²) in [6.45, 7) is 2.26. The molecule has 1 heteroatoms. The lowest BCUT2D eigenvalue weighted by Gasteiger charge is -2.08. The summed E-state index contributed by atoms with van der Waals surface area (Å²) in [5.74, 6) is 1.42. The van der Waals surface area contributed by atoms with Gasteiger partial charge < -0.3 is 0 Å². The average molecular weight is 170 g/mol. The third-order valence-corrected chi connectivity index (χ3v) is 3.88. The predicted molar refractivity (Wildman–Crippen MR) is 56.3 cm³/mol. The van der Waals surface area contributed by atoms with Crippen LogP contribution in [0.15, 0.2) is 23.0 Å². The van der Waals surface area contributed by atoms with Gasteiger partial charge in [0.25, 0.3) is 0 Å². The van der Waals surface area contributed by atoms with Crippen molar-refractivity contribution in [3.05, 3.63) is 23.0 Å². The molecule has 0 atom stereocenters. The van der Waals surface area contributed by atoms with Crippen LogP contribution in [0, 0.1) is 0 Å². The molecule has 11 heavy (non-hydrogen) atoms. The predicted octanol–water partition coefficient (Wildman–Crippen LogP) is 3.61. The van der Waals surface area contributed by atoms with Gasteiger partial charge in [-0.25, -0.2) is 10.9 Å². The highest BCUT2D eigenvalue weighted by molar-refractivity contribution is 8.22. The monoisotopic (exact) mass is 170 g/mol. The maximum atomic E-state index is 2.36. The number of hydrogen-bond donors (Lipinski definition) is 1. The maximum absolute atomic E-state index is 2.36. The Morgan fingerprint density at radius 3 is 2.36 bits per heavy atom. The molecule has 64 valence electrons. The Hall–Kier alpha value is -0.170. The molecule has 0 amide bonds. The fourth-order valence-corrected chi connectivity index (χ4v) is 2.87. The standard InChI is InChI=1S/C10H18S/c1-2-3-4-5-8-11-9-6-7-10-11/h6-7,9-11H,2-5,8H2,1H3. The van der Waals surface area contributed by atoms with Gasteiger partial charge in [-0.1, -0.05) is 38.3 Å². The smallest absolute Gasteiger partial charge is 0.0185 e. The van der Waals surface area contributed by atoms with Crippen LogP contribution in [0.25, 0.3) is 0 Å². The van der Waals surface area contributed by atoms with Crippen molar-refractivity contribution in [2.45, 2.75) is 32.6 Å². The summed E-state index contributed by atoms with van der Waals surface area (Å²) >= 11 is 0. The second kappa shape index (κ2) is 5.48. The van der Waals surface area contributed by atoms with E-state index < -0.39 is 0 Å². The van der Waals surface area contributed by atoms with E-state index in [-0.39, 0.29) is 10.9 Å². The first-order chi connectivity index (χ1) is 5.43. The van der Waals surface area contributed by atoms with Crippen molar-refractivity contribution < 1.29 is 0 Å².